The van der Waals surface area contributed by atoms with E-state index in [4.69, 9.17) is 37.4 Å². The van der Waals surface area contributed by atoms with Crippen molar-refractivity contribution < 1.29 is 23.8 Å². The van der Waals surface area contributed by atoms with E-state index in [2.05, 4.69) is 21.2 Å². The summed E-state index contributed by atoms with van der Waals surface area (Å²) < 4.78 is 16.2. The lowest BCUT2D eigenvalue weighted by atomic mass is 10.2. The van der Waals surface area contributed by atoms with Crippen LogP contribution in [0.3, 0.4) is 0 Å². The van der Waals surface area contributed by atoms with E-state index in [1.165, 1.54) is 33.3 Å². The normalized spacial score (nSPS) is 11.5. The van der Waals surface area contributed by atoms with Crippen LogP contribution in [0.2, 0.25) is 10.0 Å². The maximum atomic E-state index is 12.4. The van der Waals surface area contributed by atoms with Crippen molar-refractivity contribution >= 4 is 56.7 Å². The fraction of sp³-hybridized carbons (Fsp3) is 0.222. The topological polar surface area (TPSA) is 73.9 Å². The van der Waals surface area contributed by atoms with Gasteiger partial charge in [-0.15, -0.1) is 0 Å². The Hall–Kier alpha value is -1.96. The molecule has 0 saturated heterocycles. The molecule has 0 heterocycles. The molecule has 27 heavy (non-hydrogen) atoms. The minimum Gasteiger partial charge on any atom is -0.495 e. The van der Waals surface area contributed by atoms with Gasteiger partial charge >= 0.3 is 5.97 Å². The van der Waals surface area contributed by atoms with E-state index < -0.39 is 18.0 Å². The van der Waals surface area contributed by atoms with Crippen molar-refractivity contribution in [2.75, 3.05) is 19.5 Å². The molecule has 1 N–H and O–H groups in total. The molecule has 0 fully saturated rings. The van der Waals surface area contributed by atoms with E-state index in [0.717, 1.165) is 0 Å². The number of rotatable bonds is 6. The molecule has 1 atom stereocenters. The number of amides is 1. The summed E-state index contributed by atoms with van der Waals surface area (Å²) in [6.45, 7) is 1.44. The third kappa shape index (κ3) is 5.06. The zero-order chi connectivity index (χ0) is 20.1. The maximum absolute atomic E-state index is 12.4. The third-order valence-electron chi connectivity index (χ3n) is 3.54. The van der Waals surface area contributed by atoms with Crippen LogP contribution < -0.4 is 14.8 Å². The van der Waals surface area contributed by atoms with Crippen molar-refractivity contribution in [3.05, 3.63) is 50.4 Å². The van der Waals surface area contributed by atoms with Crippen molar-refractivity contribution in [3.63, 3.8) is 0 Å². The Kier molecular flexibility index (Phi) is 7.35. The smallest absolute Gasteiger partial charge is 0.339 e. The summed E-state index contributed by atoms with van der Waals surface area (Å²) in [5.74, 6) is -0.476. The van der Waals surface area contributed by atoms with Gasteiger partial charge in [0.25, 0.3) is 5.91 Å². The number of hydrogen-bond acceptors (Lipinski definition) is 5. The zero-order valence-electron chi connectivity index (χ0n) is 14.6. The van der Waals surface area contributed by atoms with Crippen LogP contribution in [0.4, 0.5) is 5.69 Å². The summed E-state index contributed by atoms with van der Waals surface area (Å²) in [5.41, 5.74) is 0.497. The Bertz CT molecular complexity index is 850. The Labute approximate surface area is 174 Å². The number of carbonyl (C=O) groups excluding carboxylic acids is 2. The van der Waals surface area contributed by atoms with Crippen LogP contribution in [0.25, 0.3) is 0 Å². The number of nitrogens with one attached hydrogen (secondary N) is 1. The van der Waals surface area contributed by atoms with Gasteiger partial charge in [0, 0.05) is 0 Å². The van der Waals surface area contributed by atoms with E-state index >= 15 is 0 Å². The van der Waals surface area contributed by atoms with Crippen LogP contribution in [-0.2, 0) is 9.53 Å². The first-order valence-electron chi connectivity index (χ1n) is 7.65. The molecule has 1 unspecified atom stereocenters. The fourth-order valence-electron chi connectivity index (χ4n) is 2.10. The summed E-state index contributed by atoms with van der Waals surface area (Å²) in [5, 5.41) is 3.07. The highest BCUT2D eigenvalue weighted by atomic mass is 79.9. The van der Waals surface area contributed by atoms with Gasteiger partial charge in [0.1, 0.15) is 16.0 Å². The largest absolute Gasteiger partial charge is 0.495 e. The van der Waals surface area contributed by atoms with Gasteiger partial charge in [-0.2, -0.15) is 0 Å². The second kappa shape index (κ2) is 9.30. The SMILES string of the molecule is COc1cc(C(=O)OC(C)C(=O)Nc2cccc(Cl)c2Cl)cc(OC)c1Br. The molecule has 0 saturated carbocycles. The Morgan fingerprint density at radius 3 is 2.26 bits per heavy atom. The van der Waals surface area contributed by atoms with Gasteiger partial charge in [-0.1, -0.05) is 29.3 Å². The zero-order valence-corrected chi connectivity index (χ0v) is 17.7. The van der Waals surface area contributed by atoms with Gasteiger partial charge in [0.05, 0.1) is 35.5 Å². The van der Waals surface area contributed by atoms with E-state index in [-0.39, 0.29) is 10.6 Å². The van der Waals surface area contributed by atoms with Crippen molar-refractivity contribution in [3.8, 4) is 11.5 Å². The molecule has 2 aromatic carbocycles. The molecule has 0 bridgehead atoms. The maximum Gasteiger partial charge on any atom is 0.339 e. The van der Waals surface area contributed by atoms with Gasteiger partial charge in [0.15, 0.2) is 6.10 Å². The first kappa shape index (κ1) is 21.3. The predicted octanol–water partition coefficient (Wildman–Crippen LogP) is 4.96. The molecular weight excluding hydrogens is 461 g/mol. The number of anilines is 1. The van der Waals surface area contributed by atoms with Crippen LogP contribution >= 0.6 is 39.1 Å². The van der Waals surface area contributed by atoms with E-state index in [1.54, 1.807) is 18.2 Å². The molecule has 0 aliphatic carbocycles. The van der Waals surface area contributed by atoms with Crippen molar-refractivity contribution in [1.82, 2.24) is 0 Å². The number of methoxy groups -OCH3 is 2. The lowest BCUT2D eigenvalue weighted by molar-refractivity contribution is -0.123. The van der Waals surface area contributed by atoms with Crippen LogP contribution in [0.5, 0.6) is 11.5 Å². The fourth-order valence-corrected chi connectivity index (χ4v) is 3.00. The summed E-state index contributed by atoms with van der Waals surface area (Å²) in [6.07, 6.45) is -1.08. The first-order valence-corrected chi connectivity index (χ1v) is 9.20. The summed E-state index contributed by atoms with van der Waals surface area (Å²) in [6, 6.07) is 7.78. The highest BCUT2D eigenvalue weighted by Crippen LogP contribution is 2.36. The Morgan fingerprint density at radius 2 is 1.70 bits per heavy atom. The molecule has 144 valence electrons. The Balaban J connectivity index is 2.13. The molecular formula is C18H16BrCl2NO5. The second-order valence-corrected chi connectivity index (χ2v) is 6.91. The molecule has 0 radical (unpaired) electrons. The van der Waals surface area contributed by atoms with Gasteiger partial charge in [-0.25, -0.2) is 4.79 Å². The highest BCUT2D eigenvalue weighted by molar-refractivity contribution is 9.10. The van der Waals surface area contributed by atoms with Crippen LogP contribution in [0.1, 0.15) is 17.3 Å². The molecule has 6 nitrogen and oxygen atoms in total. The van der Waals surface area contributed by atoms with Gasteiger partial charge in [-0.05, 0) is 47.1 Å². The second-order valence-electron chi connectivity index (χ2n) is 5.33. The van der Waals surface area contributed by atoms with Crippen LogP contribution in [-0.4, -0.2) is 32.2 Å². The van der Waals surface area contributed by atoms with Gasteiger partial charge in [0.2, 0.25) is 0 Å². The summed E-state index contributed by atoms with van der Waals surface area (Å²) in [4.78, 5) is 24.7. The first-order chi connectivity index (χ1) is 12.8. The minimum atomic E-state index is -1.08. The minimum absolute atomic E-state index is 0.173. The quantitative estimate of drug-likeness (QED) is 0.596. The molecule has 1 amide bonds. The van der Waals surface area contributed by atoms with Gasteiger partial charge < -0.3 is 19.5 Å². The molecule has 0 aliphatic rings. The van der Waals surface area contributed by atoms with E-state index in [0.29, 0.717) is 26.7 Å². The molecule has 0 spiro atoms. The standard InChI is InChI=1S/C18H16BrCl2NO5/c1-9(17(23)22-12-6-4-5-11(20)16(12)21)27-18(24)10-7-13(25-2)15(19)14(8-10)26-3/h4-9H,1-3H3,(H,22,23). The monoisotopic (exact) mass is 475 g/mol. The van der Waals surface area contributed by atoms with Crippen molar-refractivity contribution in [2.24, 2.45) is 0 Å². The average Bonchev–Trinajstić information content (AvgIpc) is 2.65. The molecule has 2 rings (SSSR count). The lowest BCUT2D eigenvalue weighted by Crippen LogP contribution is -2.30. The lowest BCUT2D eigenvalue weighted by Gasteiger charge is -2.16. The Morgan fingerprint density at radius 1 is 1.11 bits per heavy atom. The summed E-state index contributed by atoms with van der Waals surface area (Å²) in [7, 11) is 2.92. The highest BCUT2D eigenvalue weighted by Gasteiger charge is 2.22. The number of halogens is 3. The number of ether oxygens (including phenoxy) is 3. The molecule has 9 heteroatoms. The van der Waals surface area contributed by atoms with E-state index in [1.807, 2.05) is 0 Å². The molecule has 2 aromatic rings. The number of carbonyl (C=O) groups is 2. The average molecular weight is 477 g/mol. The molecule has 0 aliphatic heterocycles. The van der Waals surface area contributed by atoms with Crippen molar-refractivity contribution in [1.29, 1.82) is 0 Å². The van der Waals surface area contributed by atoms with Gasteiger partial charge in [-0.3, -0.25) is 4.79 Å². The predicted molar refractivity (Wildman–Crippen MR) is 107 cm³/mol. The van der Waals surface area contributed by atoms with Crippen LogP contribution in [0, 0.1) is 0 Å². The molecule has 0 aromatic heterocycles. The number of hydrogen-bond donors (Lipinski definition) is 1. The number of benzene rings is 2. The van der Waals surface area contributed by atoms with Crippen LogP contribution in [0.15, 0.2) is 34.8 Å². The van der Waals surface area contributed by atoms with Crippen molar-refractivity contribution in [2.45, 2.75) is 13.0 Å². The third-order valence-corrected chi connectivity index (χ3v) is 5.14. The summed E-state index contributed by atoms with van der Waals surface area (Å²) >= 11 is 15.3. The number of esters is 1. The van der Waals surface area contributed by atoms with E-state index in [9.17, 15) is 9.59 Å².